The van der Waals surface area contributed by atoms with Crippen LogP contribution in [-0.2, 0) is 4.79 Å². The molecule has 8 heteroatoms. The third-order valence-electron chi connectivity index (χ3n) is 3.61. The van der Waals surface area contributed by atoms with E-state index in [-0.39, 0.29) is 5.91 Å². The number of amides is 1. The van der Waals surface area contributed by atoms with Gasteiger partial charge < -0.3 is 19.5 Å². The van der Waals surface area contributed by atoms with Crippen LogP contribution in [0.1, 0.15) is 12.5 Å². The van der Waals surface area contributed by atoms with Crippen molar-refractivity contribution in [1.82, 2.24) is 5.32 Å². The molecule has 2 aromatic carbocycles. The minimum absolute atomic E-state index is 0.192. The predicted molar refractivity (Wildman–Crippen MR) is 119 cm³/mol. The van der Waals surface area contributed by atoms with E-state index in [1.807, 2.05) is 49.4 Å². The van der Waals surface area contributed by atoms with Gasteiger partial charge in [-0.05, 0) is 58.8 Å². The summed E-state index contributed by atoms with van der Waals surface area (Å²) < 4.78 is 18.5. The third-order valence-corrected chi connectivity index (χ3v) is 5.36. The average Bonchev–Trinajstić information content (AvgIpc) is 2.98. The molecule has 0 unspecified atom stereocenters. The number of carbonyl (C=O) groups is 1. The van der Waals surface area contributed by atoms with E-state index in [0.29, 0.717) is 40.5 Å². The third kappa shape index (κ3) is 5.50. The number of rotatable bonds is 8. The second-order valence-electron chi connectivity index (χ2n) is 5.63. The lowest BCUT2D eigenvalue weighted by atomic mass is 10.2. The van der Waals surface area contributed by atoms with Crippen molar-refractivity contribution in [2.45, 2.75) is 6.92 Å². The summed E-state index contributed by atoms with van der Waals surface area (Å²) in [5.41, 5.74) is 0.811. The molecule has 0 radical (unpaired) electrons. The van der Waals surface area contributed by atoms with Gasteiger partial charge in [-0.25, -0.2) is 0 Å². The summed E-state index contributed by atoms with van der Waals surface area (Å²) in [6.07, 6.45) is 1.77. The van der Waals surface area contributed by atoms with Gasteiger partial charge in [-0.1, -0.05) is 42.2 Å². The predicted octanol–water partition coefficient (Wildman–Crippen LogP) is 4.79. The van der Waals surface area contributed by atoms with E-state index < -0.39 is 0 Å². The Kier molecular flexibility index (Phi) is 7.36. The zero-order valence-corrected chi connectivity index (χ0v) is 18.3. The molecule has 5 nitrogen and oxygen atoms in total. The molecule has 146 valence electrons. The van der Waals surface area contributed by atoms with E-state index in [4.69, 9.17) is 26.4 Å². The molecule has 28 heavy (non-hydrogen) atoms. The summed E-state index contributed by atoms with van der Waals surface area (Å²) >= 11 is 9.80. The van der Waals surface area contributed by atoms with Crippen LogP contribution in [0.3, 0.4) is 0 Å². The van der Waals surface area contributed by atoms with Crippen molar-refractivity contribution in [1.29, 1.82) is 0 Å². The molecule has 0 atom stereocenters. The SMILES string of the molecule is CCOc1cc(/C=C2/SC(=S)NC2=O)cc(Br)c1OCCOc1ccccc1. The molecule has 0 saturated carbocycles. The summed E-state index contributed by atoms with van der Waals surface area (Å²) in [5, 5.41) is 2.61. The second-order valence-corrected chi connectivity index (χ2v) is 8.20. The molecule has 0 aliphatic carbocycles. The summed E-state index contributed by atoms with van der Waals surface area (Å²) in [6.45, 7) is 3.16. The minimum atomic E-state index is -0.192. The lowest BCUT2D eigenvalue weighted by Crippen LogP contribution is -2.17. The van der Waals surface area contributed by atoms with Crippen LogP contribution in [-0.4, -0.2) is 30.0 Å². The first-order valence-electron chi connectivity index (χ1n) is 8.58. The van der Waals surface area contributed by atoms with E-state index in [1.54, 1.807) is 6.08 Å². The Balaban J connectivity index is 1.71. The largest absolute Gasteiger partial charge is 0.490 e. The van der Waals surface area contributed by atoms with E-state index in [2.05, 4.69) is 21.2 Å². The van der Waals surface area contributed by atoms with Gasteiger partial charge in [-0.2, -0.15) is 0 Å². The van der Waals surface area contributed by atoms with Crippen LogP contribution in [0.15, 0.2) is 51.8 Å². The maximum Gasteiger partial charge on any atom is 0.263 e. The van der Waals surface area contributed by atoms with Gasteiger partial charge >= 0.3 is 0 Å². The second kappa shape index (κ2) is 9.95. The smallest absolute Gasteiger partial charge is 0.263 e. The van der Waals surface area contributed by atoms with Crippen LogP contribution in [0, 0.1) is 0 Å². The van der Waals surface area contributed by atoms with Crippen molar-refractivity contribution < 1.29 is 19.0 Å². The molecular weight excluding hydrogens is 462 g/mol. The molecule has 1 heterocycles. The van der Waals surface area contributed by atoms with Crippen molar-refractivity contribution in [3.8, 4) is 17.2 Å². The fourth-order valence-corrected chi connectivity index (χ4v) is 4.09. The number of benzene rings is 2. The van der Waals surface area contributed by atoms with Gasteiger partial charge in [0.2, 0.25) is 0 Å². The standard InChI is InChI=1S/C20H18BrNO4S2/c1-2-24-16-11-13(12-17-19(23)22-20(27)28-17)10-15(21)18(16)26-9-8-25-14-6-4-3-5-7-14/h3-7,10-12H,2,8-9H2,1H3,(H,22,23,27)/b17-12+. The van der Waals surface area contributed by atoms with Crippen LogP contribution in [0.5, 0.6) is 17.2 Å². The highest BCUT2D eigenvalue weighted by Crippen LogP contribution is 2.38. The Labute approximate surface area is 181 Å². The molecule has 1 amide bonds. The van der Waals surface area contributed by atoms with Crippen molar-refractivity contribution >= 4 is 56.2 Å². The highest BCUT2D eigenvalue weighted by atomic mass is 79.9. The molecule has 0 aromatic heterocycles. The van der Waals surface area contributed by atoms with E-state index >= 15 is 0 Å². The lowest BCUT2D eigenvalue weighted by Gasteiger charge is -2.15. The number of carbonyl (C=O) groups excluding carboxylic acids is 1. The lowest BCUT2D eigenvalue weighted by molar-refractivity contribution is -0.115. The molecular formula is C20H18BrNO4S2. The number of thioether (sulfide) groups is 1. The molecule has 2 aromatic rings. The number of halogens is 1. The Morgan fingerprint density at radius 1 is 1.14 bits per heavy atom. The van der Waals surface area contributed by atoms with E-state index in [1.165, 1.54) is 11.8 Å². The number of para-hydroxylation sites is 1. The summed E-state index contributed by atoms with van der Waals surface area (Å²) in [7, 11) is 0. The van der Waals surface area contributed by atoms with Crippen LogP contribution in [0.2, 0.25) is 0 Å². The van der Waals surface area contributed by atoms with Gasteiger partial charge in [0, 0.05) is 0 Å². The van der Waals surface area contributed by atoms with Gasteiger partial charge in [0.05, 0.1) is 16.0 Å². The molecule has 0 bridgehead atoms. The fraction of sp³-hybridized carbons (Fsp3) is 0.200. The van der Waals surface area contributed by atoms with Gasteiger partial charge in [-0.3, -0.25) is 4.79 Å². The summed E-state index contributed by atoms with van der Waals surface area (Å²) in [6, 6.07) is 13.3. The monoisotopic (exact) mass is 479 g/mol. The van der Waals surface area contributed by atoms with Crippen LogP contribution < -0.4 is 19.5 Å². The van der Waals surface area contributed by atoms with Crippen LogP contribution >= 0.6 is 39.9 Å². The molecule has 3 rings (SSSR count). The normalized spacial score (nSPS) is 14.9. The maximum atomic E-state index is 11.9. The zero-order valence-electron chi connectivity index (χ0n) is 15.1. The Morgan fingerprint density at radius 2 is 1.89 bits per heavy atom. The van der Waals surface area contributed by atoms with Crippen LogP contribution in [0.4, 0.5) is 0 Å². The highest BCUT2D eigenvalue weighted by Gasteiger charge is 2.22. The summed E-state index contributed by atoms with van der Waals surface area (Å²) in [4.78, 5) is 12.4. The number of hydrogen-bond acceptors (Lipinski definition) is 6. The van der Waals surface area contributed by atoms with Gasteiger partial charge in [0.25, 0.3) is 5.91 Å². The molecule has 1 aliphatic rings. The molecule has 0 spiro atoms. The topological polar surface area (TPSA) is 56.8 Å². The quantitative estimate of drug-likeness (QED) is 0.333. The zero-order chi connectivity index (χ0) is 19.9. The van der Waals surface area contributed by atoms with Gasteiger partial charge in [0.15, 0.2) is 11.5 Å². The number of thiocarbonyl (C=S) groups is 1. The molecule has 1 saturated heterocycles. The molecule has 1 aliphatic heterocycles. The van der Waals surface area contributed by atoms with Gasteiger partial charge in [-0.15, -0.1) is 0 Å². The van der Waals surface area contributed by atoms with Gasteiger partial charge in [0.1, 0.15) is 23.3 Å². The minimum Gasteiger partial charge on any atom is -0.490 e. The summed E-state index contributed by atoms with van der Waals surface area (Å²) in [5.74, 6) is 1.79. The van der Waals surface area contributed by atoms with Crippen molar-refractivity contribution in [2.75, 3.05) is 19.8 Å². The molecule has 1 N–H and O–H groups in total. The number of nitrogens with one attached hydrogen (secondary N) is 1. The van der Waals surface area contributed by atoms with Crippen molar-refractivity contribution in [3.05, 3.63) is 57.4 Å². The Hall–Kier alpha value is -2.03. The highest BCUT2D eigenvalue weighted by molar-refractivity contribution is 9.10. The van der Waals surface area contributed by atoms with Crippen LogP contribution in [0.25, 0.3) is 6.08 Å². The fourth-order valence-electron chi connectivity index (χ4n) is 2.47. The first-order valence-corrected chi connectivity index (χ1v) is 10.6. The maximum absolute atomic E-state index is 11.9. The van der Waals surface area contributed by atoms with E-state index in [9.17, 15) is 4.79 Å². The molecule has 1 fully saturated rings. The number of hydrogen-bond donors (Lipinski definition) is 1. The Morgan fingerprint density at radius 3 is 2.57 bits per heavy atom. The Bertz CT molecular complexity index is 903. The first kappa shape index (κ1) is 20.7. The van der Waals surface area contributed by atoms with E-state index in [0.717, 1.165) is 15.8 Å². The van der Waals surface area contributed by atoms with Crippen molar-refractivity contribution in [3.63, 3.8) is 0 Å². The number of ether oxygens (including phenoxy) is 3. The van der Waals surface area contributed by atoms with Crippen molar-refractivity contribution in [2.24, 2.45) is 0 Å². The first-order chi connectivity index (χ1) is 13.6. The average molecular weight is 480 g/mol.